The van der Waals surface area contributed by atoms with E-state index in [1.807, 2.05) is 13.0 Å². The van der Waals surface area contributed by atoms with Crippen molar-refractivity contribution in [1.29, 1.82) is 5.26 Å². The molecule has 5 nitrogen and oxygen atoms in total. The second-order valence-corrected chi connectivity index (χ2v) is 6.60. The number of hydrogen-bond donors (Lipinski definition) is 1. The van der Waals surface area contributed by atoms with Gasteiger partial charge >= 0.3 is 0 Å². The molecule has 0 aliphatic carbocycles. The largest absolute Gasteiger partial charge is 0.454 e. The van der Waals surface area contributed by atoms with Crippen molar-refractivity contribution < 1.29 is 14.3 Å². The predicted molar refractivity (Wildman–Crippen MR) is 98.7 cm³/mol. The third kappa shape index (κ3) is 3.78. The lowest BCUT2D eigenvalue weighted by molar-refractivity contribution is -0.112. The number of hydrogen-bond acceptors (Lipinski definition) is 4. The standard InChI is InChI=1S/C18H12BrClN2O3/c1-10-2-3-13(20)6-15(10)22-18(23)12(8-21)4-11-5-16-17(7-14(11)19)25-9-24-16/h2-7H,9H2,1H3,(H,22,23)/b12-4+. The summed E-state index contributed by atoms with van der Waals surface area (Å²) in [6, 6.07) is 10.5. The number of ether oxygens (including phenoxy) is 2. The highest BCUT2D eigenvalue weighted by Crippen LogP contribution is 2.37. The van der Waals surface area contributed by atoms with Crippen LogP contribution in [-0.2, 0) is 4.79 Å². The maximum atomic E-state index is 12.4. The average molecular weight is 420 g/mol. The Kier molecular flexibility index (Phi) is 4.98. The summed E-state index contributed by atoms with van der Waals surface area (Å²) < 4.78 is 11.3. The topological polar surface area (TPSA) is 71.4 Å². The Bertz CT molecular complexity index is 935. The number of nitrogens with zero attached hydrogens (tertiary/aromatic N) is 1. The highest BCUT2D eigenvalue weighted by molar-refractivity contribution is 9.10. The maximum Gasteiger partial charge on any atom is 0.266 e. The monoisotopic (exact) mass is 418 g/mol. The molecular formula is C18H12BrClN2O3. The zero-order chi connectivity index (χ0) is 18.0. The Morgan fingerprint density at radius 3 is 2.76 bits per heavy atom. The summed E-state index contributed by atoms with van der Waals surface area (Å²) in [6.45, 7) is 1.99. The molecular weight excluding hydrogens is 408 g/mol. The lowest BCUT2D eigenvalue weighted by Gasteiger charge is -2.08. The van der Waals surface area contributed by atoms with Gasteiger partial charge < -0.3 is 14.8 Å². The molecule has 0 saturated carbocycles. The van der Waals surface area contributed by atoms with Crippen LogP contribution >= 0.6 is 27.5 Å². The van der Waals surface area contributed by atoms with Gasteiger partial charge in [0.15, 0.2) is 11.5 Å². The van der Waals surface area contributed by atoms with Crippen LogP contribution in [0.5, 0.6) is 11.5 Å². The molecule has 0 radical (unpaired) electrons. The molecule has 0 saturated heterocycles. The van der Waals surface area contributed by atoms with Crippen LogP contribution in [0.1, 0.15) is 11.1 Å². The van der Waals surface area contributed by atoms with Gasteiger partial charge in [0.25, 0.3) is 5.91 Å². The van der Waals surface area contributed by atoms with Crippen molar-refractivity contribution in [1.82, 2.24) is 0 Å². The smallest absolute Gasteiger partial charge is 0.266 e. The number of fused-ring (bicyclic) bond motifs is 1. The van der Waals surface area contributed by atoms with E-state index >= 15 is 0 Å². The molecule has 0 fully saturated rings. The lowest BCUT2D eigenvalue weighted by Crippen LogP contribution is -2.14. The minimum atomic E-state index is -0.516. The lowest BCUT2D eigenvalue weighted by atomic mass is 10.1. The van der Waals surface area contributed by atoms with Crippen molar-refractivity contribution in [3.63, 3.8) is 0 Å². The first-order chi connectivity index (χ1) is 12.0. The third-order valence-corrected chi connectivity index (χ3v) is 4.53. The number of aryl methyl sites for hydroxylation is 1. The first kappa shape index (κ1) is 17.3. The number of halogens is 2. The summed E-state index contributed by atoms with van der Waals surface area (Å²) in [4.78, 5) is 12.4. The van der Waals surface area contributed by atoms with E-state index in [4.69, 9.17) is 21.1 Å². The van der Waals surface area contributed by atoms with E-state index in [0.717, 1.165) is 5.56 Å². The molecule has 1 aliphatic rings. The zero-order valence-electron chi connectivity index (χ0n) is 13.1. The molecule has 3 rings (SSSR count). The molecule has 1 aliphatic heterocycles. The quantitative estimate of drug-likeness (QED) is 0.579. The van der Waals surface area contributed by atoms with E-state index in [1.165, 1.54) is 6.08 Å². The number of nitriles is 1. The normalized spacial score (nSPS) is 12.6. The molecule has 0 spiro atoms. The molecule has 0 unspecified atom stereocenters. The van der Waals surface area contributed by atoms with Gasteiger partial charge in [-0.15, -0.1) is 0 Å². The Hall–Kier alpha value is -2.49. The van der Waals surface area contributed by atoms with E-state index in [2.05, 4.69) is 21.2 Å². The summed E-state index contributed by atoms with van der Waals surface area (Å²) >= 11 is 9.36. The maximum absolute atomic E-state index is 12.4. The number of amides is 1. The van der Waals surface area contributed by atoms with Gasteiger partial charge in [0.1, 0.15) is 11.6 Å². The van der Waals surface area contributed by atoms with Crippen LogP contribution in [-0.4, -0.2) is 12.7 Å². The van der Waals surface area contributed by atoms with Gasteiger partial charge in [-0.3, -0.25) is 4.79 Å². The molecule has 126 valence electrons. The second kappa shape index (κ2) is 7.18. The Morgan fingerprint density at radius 2 is 2.04 bits per heavy atom. The molecule has 25 heavy (non-hydrogen) atoms. The summed E-state index contributed by atoms with van der Waals surface area (Å²) in [5.41, 5.74) is 2.00. The van der Waals surface area contributed by atoms with Crippen molar-refractivity contribution in [3.8, 4) is 17.6 Å². The molecule has 2 aromatic carbocycles. The Morgan fingerprint density at radius 1 is 1.32 bits per heavy atom. The highest BCUT2D eigenvalue weighted by atomic mass is 79.9. The summed E-state index contributed by atoms with van der Waals surface area (Å²) in [6.07, 6.45) is 1.49. The fourth-order valence-electron chi connectivity index (χ4n) is 2.27. The Labute approximate surface area is 157 Å². The van der Waals surface area contributed by atoms with E-state index in [1.54, 1.807) is 30.3 Å². The fourth-order valence-corrected chi connectivity index (χ4v) is 2.88. The van der Waals surface area contributed by atoms with Crippen LogP contribution < -0.4 is 14.8 Å². The molecule has 1 amide bonds. The molecule has 0 aromatic heterocycles. The first-order valence-electron chi connectivity index (χ1n) is 7.26. The number of carbonyl (C=O) groups excluding carboxylic acids is 1. The summed E-state index contributed by atoms with van der Waals surface area (Å²) in [5, 5.41) is 12.6. The van der Waals surface area contributed by atoms with Gasteiger partial charge in [-0.2, -0.15) is 5.26 Å². The van der Waals surface area contributed by atoms with Gasteiger partial charge in [-0.25, -0.2) is 0 Å². The first-order valence-corrected chi connectivity index (χ1v) is 8.43. The molecule has 7 heteroatoms. The van der Waals surface area contributed by atoms with Crippen LogP contribution in [0.25, 0.3) is 6.08 Å². The Balaban J connectivity index is 1.89. The highest BCUT2D eigenvalue weighted by Gasteiger charge is 2.17. The number of benzene rings is 2. The summed E-state index contributed by atoms with van der Waals surface area (Å²) in [5.74, 6) is 0.664. The minimum absolute atomic E-state index is 0.0426. The molecule has 0 bridgehead atoms. The molecule has 0 atom stereocenters. The van der Waals surface area contributed by atoms with Gasteiger partial charge in [0.05, 0.1) is 0 Å². The van der Waals surface area contributed by atoms with Crippen LogP contribution in [0.4, 0.5) is 5.69 Å². The third-order valence-electron chi connectivity index (χ3n) is 3.60. The van der Waals surface area contributed by atoms with E-state index in [9.17, 15) is 10.1 Å². The molecule has 2 aromatic rings. The van der Waals surface area contributed by atoms with E-state index in [-0.39, 0.29) is 12.4 Å². The van der Waals surface area contributed by atoms with Gasteiger partial charge in [0.2, 0.25) is 6.79 Å². The number of carbonyl (C=O) groups is 1. The average Bonchev–Trinajstić information content (AvgIpc) is 3.02. The van der Waals surface area contributed by atoms with Crippen molar-refractivity contribution in [2.24, 2.45) is 0 Å². The number of rotatable bonds is 3. The van der Waals surface area contributed by atoms with Crippen molar-refractivity contribution in [2.45, 2.75) is 6.92 Å². The van der Waals surface area contributed by atoms with Crippen LogP contribution in [0.2, 0.25) is 5.02 Å². The van der Waals surface area contributed by atoms with Crippen LogP contribution in [0.3, 0.4) is 0 Å². The van der Waals surface area contributed by atoms with Gasteiger partial charge in [-0.05, 0) is 48.4 Å². The fraction of sp³-hybridized carbons (Fsp3) is 0.111. The van der Waals surface area contributed by atoms with Crippen molar-refractivity contribution in [3.05, 3.63) is 56.5 Å². The van der Waals surface area contributed by atoms with Gasteiger partial charge in [0, 0.05) is 15.2 Å². The van der Waals surface area contributed by atoms with Crippen LogP contribution in [0, 0.1) is 18.3 Å². The summed E-state index contributed by atoms with van der Waals surface area (Å²) in [7, 11) is 0. The van der Waals surface area contributed by atoms with Gasteiger partial charge in [-0.1, -0.05) is 33.6 Å². The SMILES string of the molecule is Cc1ccc(Cl)cc1NC(=O)/C(C#N)=C/c1cc2c(cc1Br)OCO2. The minimum Gasteiger partial charge on any atom is -0.454 e. The predicted octanol–water partition coefficient (Wildman–Crippen LogP) is 4.69. The van der Waals surface area contributed by atoms with E-state index < -0.39 is 5.91 Å². The van der Waals surface area contributed by atoms with Crippen LogP contribution in [0.15, 0.2) is 40.4 Å². The number of anilines is 1. The number of nitrogens with one attached hydrogen (secondary N) is 1. The van der Waals surface area contributed by atoms with Crippen molar-refractivity contribution >= 4 is 45.2 Å². The second-order valence-electron chi connectivity index (χ2n) is 5.31. The van der Waals surface area contributed by atoms with Crippen molar-refractivity contribution in [2.75, 3.05) is 12.1 Å². The molecule has 1 heterocycles. The van der Waals surface area contributed by atoms with E-state index in [0.29, 0.717) is 32.2 Å². The zero-order valence-corrected chi connectivity index (χ0v) is 15.4. The molecule has 1 N–H and O–H groups in total.